The molecule has 7 nitrogen and oxygen atoms in total. The van der Waals surface area contributed by atoms with Crippen molar-refractivity contribution >= 4 is 17.8 Å². The largest absolute Gasteiger partial charge is 0.480 e. The van der Waals surface area contributed by atoms with E-state index in [1.54, 1.807) is 27.7 Å². The van der Waals surface area contributed by atoms with Gasteiger partial charge in [-0.15, -0.1) is 0 Å². The smallest absolute Gasteiger partial charge is 0.326 e. The zero-order chi connectivity index (χ0) is 14.7. The molecule has 0 fully saturated rings. The first-order valence-corrected chi connectivity index (χ1v) is 5.50. The van der Waals surface area contributed by atoms with Crippen LogP contribution in [0.25, 0.3) is 0 Å². The van der Waals surface area contributed by atoms with E-state index in [9.17, 15) is 14.4 Å². The summed E-state index contributed by atoms with van der Waals surface area (Å²) < 4.78 is 0. The summed E-state index contributed by atoms with van der Waals surface area (Å²) in [6, 6.07) is -1.34. The third-order valence-electron chi connectivity index (χ3n) is 3.19. The molecule has 6 N–H and O–H groups in total. The van der Waals surface area contributed by atoms with Crippen LogP contribution in [0.4, 0.5) is 0 Å². The van der Waals surface area contributed by atoms with E-state index in [0.29, 0.717) is 0 Å². The number of amides is 2. The molecule has 1 atom stereocenters. The van der Waals surface area contributed by atoms with E-state index in [2.05, 4.69) is 5.32 Å². The van der Waals surface area contributed by atoms with Crippen LogP contribution in [0.5, 0.6) is 0 Å². The molecular weight excluding hydrogens is 238 g/mol. The Kier molecular flexibility index (Phi) is 4.86. The van der Waals surface area contributed by atoms with E-state index in [4.69, 9.17) is 16.6 Å². The number of carboxylic acid groups (broad SMARTS) is 1. The SMILES string of the molecule is CC(C)(N)C(C)(C)C(=O)NC(CC(N)=O)C(=O)O. The highest BCUT2D eigenvalue weighted by atomic mass is 16.4. The highest BCUT2D eigenvalue weighted by Gasteiger charge is 2.41. The Morgan fingerprint density at radius 1 is 1.22 bits per heavy atom. The highest BCUT2D eigenvalue weighted by molar-refractivity contribution is 5.90. The average molecular weight is 259 g/mol. The molecule has 0 aliphatic rings. The van der Waals surface area contributed by atoms with Gasteiger partial charge in [-0.1, -0.05) is 0 Å². The van der Waals surface area contributed by atoms with Crippen LogP contribution in [0.3, 0.4) is 0 Å². The van der Waals surface area contributed by atoms with Crippen LogP contribution in [-0.4, -0.2) is 34.5 Å². The number of aliphatic carboxylic acids is 1. The van der Waals surface area contributed by atoms with Gasteiger partial charge in [0.15, 0.2) is 0 Å². The molecule has 0 aromatic heterocycles. The van der Waals surface area contributed by atoms with Crippen molar-refractivity contribution in [3.63, 3.8) is 0 Å². The molecular formula is C11H21N3O4. The predicted octanol–water partition coefficient (Wildman–Crippen LogP) is -0.805. The summed E-state index contributed by atoms with van der Waals surface area (Å²) >= 11 is 0. The number of rotatable bonds is 6. The molecule has 1 unspecified atom stereocenters. The second kappa shape index (κ2) is 5.34. The quantitative estimate of drug-likeness (QED) is 0.495. The van der Waals surface area contributed by atoms with Crippen LogP contribution in [0.2, 0.25) is 0 Å². The van der Waals surface area contributed by atoms with Gasteiger partial charge in [0.2, 0.25) is 11.8 Å². The third kappa shape index (κ3) is 3.99. The Bertz CT molecular complexity index is 358. The van der Waals surface area contributed by atoms with E-state index in [-0.39, 0.29) is 0 Å². The number of carbonyl (C=O) groups is 3. The Labute approximate surface area is 106 Å². The first-order valence-electron chi connectivity index (χ1n) is 5.50. The number of nitrogens with two attached hydrogens (primary N) is 2. The molecule has 0 aromatic rings. The number of carbonyl (C=O) groups excluding carboxylic acids is 2. The third-order valence-corrected chi connectivity index (χ3v) is 3.19. The van der Waals surface area contributed by atoms with Crippen molar-refractivity contribution in [3.8, 4) is 0 Å². The molecule has 0 aromatic carbocycles. The summed E-state index contributed by atoms with van der Waals surface area (Å²) in [4.78, 5) is 33.6. The summed E-state index contributed by atoms with van der Waals surface area (Å²) in [5, 5.41) is 11.2. The molecule has 2 amide bonds. The van der Waals surface area contributed by atoms with E-state index in [1.165, 1.54) is 0 Å². The number of hydrogen-bond acceptors (Lipinski definition) is 4. The van der Waals surface area contributed by atoms with Gasteiger partial charge in [-0.05, 0) is 27.7 Å². The number of primary amides is 1. The van der Waals surface area contributed by atoms with E-state index in [0.717, 1.165) is 0 Å². The van der Waals surface area contributed by atoms with E-state index in [1.807, 2.05) is 0 Å². The molecule has 0 aliphatic carbocycles. The average Bonchev–Trinajstić information content (AvgIpc) is 2.13. The fourth-order valence-corrected chi connectivity index (χ4v) is 1.03. The van der Waals surface area contributed by atoms with Crippen molar-refractivity contribution in [1.29, 1.82) is 0 Å². The highest BCUT2D eigenvalue weighted by Crippen LogP contribution is 2.28. The lowest BCUT2D eigenvalue weighted by Gasteiger charge is -2.37. The summed E-state index contributed by atoms with van der Waals surface area (Å²) in [7, 11) is 0. The predicted molar refractivity (Wildman–Crippen MR) is 65.4 cm³/mol. The standard InChI is InChI=1S/C11H21N3O4/c1-10(2,11(3,4)13)9(18)14-6(8(16)17)5-7(12)15/h6H,5,13H2,1-4H3,(H2,12,15)(H,14,18)(H,16,17). The van der Waals surface area contributed by atoms with Crippen molar-refractivity contribution in [2.75, 3.05) is 0 Å². The van der Waals surface area contributed by atoms with Crippen LogP contribution in [0, 0.1) is 5.41 Å². The molecule has 18 heavy (non-hydrogen) atoms. The minimum atomic E-state index is -1.34. The van der Waals surface area contributed by atoms with Gasteiger partial charge >= 0.3 is 5.97 Å². The number of nitrogens with one attached hydrogen (secondary N) is 1. The van der Waals surface area contributed by atoms with Gasteiger partial charge in [0.1, 0.15) is 6.04 Å². The van der Waals surface area contributed by atoms with Gasteiger partial charge in [0, 0.05) is 5.54 Å². The monoisotopic (exact) mass is 259 g/mol. The van der Waals surface area contributed by atoms with E-state index >= 15 is 0 Å². The lowest BCUT2D eigenvalue weighted by atomic mass is 9.74. The van der Waals surface area contributed by atoms with Crippen molar-refractivity contribution in [3.05, 3.63) is 0 Å². The van der Waals surface area contributed by atoms with Crippen molar-refractivity contribution < 1.29 is 19.5 Å². The van der Waals surface area contributed by atoms with Crippen LogP contribution < -0.4 is 16.8 Å². The zero-order valence-corrected chi connectivity index (χ0v) is 11.1. The summed E-state index contributed by atoms with van der Waals surface area (Å²) in [5.74, 6) is -2.65. The minimum Gasteiger partial charge on any atom is -0.480 e. The molecule has 0 rings (SSSR count). The fraction of sp³-hybridized carbons (Fsp3) is 0.727. The molecule has 0 radical (unpaired) electrons. The fourth-order valence-electron chi connectivity index (χ4n) is 1.03. The molecule has 0 spiro atoms. The van der Waals surface area contributed by atoms with Crippen LogP contribution in [-0.2, 0) is 14.4 Å². The Balaban J connectivity index is 4.91. The minimum absolute atomic E-state index is 0.456. The lowest BCUT2D eigenvalue weighted by Crippen LogP contribution is -2.58. The summed E-state index contributed by atoms with van der Waals surface area (Å²) in [6.45, 7) is 6.53. The lowest BCUT2D eigenvalue weighted by molar-refractivity contribution is -0.145. The maximum Gasteiger partial charge on any atom is 0.326 e. The second-order valence-electron chi connectivity index (χ2n) is 5.38. The Hall–Kier alpha value is -1.63. The molecule has 0 bridgehead atoms. The Morgan fingerprint density at radius 2 is 1.67 bits per heavy atom. The number of carboxylic acids is 1. The van der Waals surface area contributed by atoms with Crippen LogP contribution in [0.1, 0.15) is 34.1 Å². The van der Waals surface area contributed by atoms with Gasteiger partial charge in [-0.25, -0.2) is 4.79 Å². The zero-order valence-electron chi connectivity index (χ0n) is 11.1. The maximum atomic E-state index is 12.0. The van der Waals surface area contributed by atoms with Gasteiger partial charge in [0.25, 0.3) is 0 Å². The second-order valence-corrected chi connectivity index (χ2v) is 5.38. The normalized spacial score (nSPS) is 13.8. The van der Waals surface area contributed by atoms with Gasteiger partial charge in [0.05, 0.1) is 11.8 Å². The van der Waals surface area contributed by atoms with E-state index < -0.39 is 41.2 Å². The summed E-state index contributed by atoms with van der Waals surface area (Å²) in [6.07, 6.45) is -0.456. The maximum absolute atomic E-state index is 12.0. The topological polar surface area (TPSA) is 136 Å². The molecule has 7 heteroatoms. The van der Waals surface area contributed by atoms with Crippen LogP contribution >= 0.6 is 0 Å². The van der Waals surface area contributed by atoms with Gasteiger partial charge in [-0.2, -0.15) is 0 Å². The van der Waals surface area contributed by atoms with Crippen LogP contribution in [0.15, 0.2) is 0 Å². The molecule has 0 aliphatic heterocycles. The van der Waals surface area contributed by atoms with Crippen molar-refractivity contribution in [2.45, 2.75) is 45.7 Å². The first-order chi connectivity index (χ1) is 7.89. The molecule has 0 heterocycles. The van der Waals surface area contributed by atoms with Crippen molar-refractivity contribution in [1.82, 2.24) is 5.32 Å². The molecule has 0 saturated heterocycles. The summed E-state index contributed by atoms with van der Waals surface area (Å²) in [5.41, 5.74) is 8.96. The van der Waals surface area contributed by atoms with Crippen molar-refractivity contribution in [2.24, 2.45) is 16.9 Å². The Morgan fingerprint density at radius 3 is 1.94 bits per heavy atom. The number of hydrogen-bond donors (Lipinski definition) is 4. The first kappa shape index (κ1) is 16.4. The molecule has 0 saturated carbocycles. The van der Waals surface area contributed by atoms with Gasteiger partial charge in [-0.3, -0.25) is 9.59 Å². The molecule has 104 valence electrons. The van der Waals surface area contributed by atoms with Gasteiger partial charge < -0.3 is 21.9 Å².